The van der Waals surface area contributed by atoms with Crippen LogP contribution in [0.3, 0.4) is 0 Å². The Kier molecular flexibility index (Phi) is 5.71. The second-order valence-electron chi connectivity index (χ2n) is 4.58. The Hall–Kier alpha value is -2.37. The Labute approximate surface area is 117 Å². The van der Waals surface area contributed by atoms with Crippen molar-refractivity contribution < 1.29 is 19.5 Å². The summed E-state index contributed by atoms with van der Waals surface area (Å²) in [7, 11) is 0. The van der Waals surface area contributed by atoms with E-state index >= 15 is 0 Å². The van der Waals surface area contributed by atoms with Gasteiger partial charge in [-0.05, 0) is 24.3 Å². The van der Waals surface area contributed by atoms with Crippen LogP contribution in [0.25, 0.3) is 0 Å². The van der Waals surface area contributed by atoms with E-state index in [-0.39, 0.29) is 23.3 Å². The molecule has 2 amide bonds. The predicted molar refractivity (Wildman–Crippen MR) is 73.6 cm³/mol. The van der Waals surface area contributed by atoms with Gasteiger partial charge in [0, 0.05) is 24.6 Å². The van der Waals surface area contributed by atoms with E-state index in [0.29, 0.717) is 18.7 Å². The Morgan fingerprint density at radius 1 is 1.00 bits per heavy atom. The number of carbonyl (C=O) groups is 3. The van der Waals surface area contributed by atoms with E-state index in [9.17, 15) is 14.4 Å². The molecule has 6 nitrogen and oxygen atoms in total. The molecule has 6 heteroatoms. The highest BCUT2D eigenvalue weighted by Crippen LogP contribution is 2.04. The molecule has 0 unspecified atom stereocenters. The number of carboxylic acid groups (broad SMARTS) is 1. The zero-order valence-electron chi connectivity index (χ0n) is 11.5. The molecule has 1 aromatic rings. The van der Waals surface area contributed by atoms with Crippen molar-refractivity contribution in [1.29, 1.82) is 0 Å². The van der Waals surface area contributed by atoms with Gasteiger partial charge in [-0.1, -0.05) is 13.8 Å². The average molecular weight is 278 g/mol. The maximum absolute atomic E-state index is 11.7. The van der Waals surface area contributed by atoms with Crippen molar-refractivity contribution in [3.05, 3.63) is 35.4 Å². The summed E-state index contributed by atoms with van der Waals surface area (Å²) in [6.45, 7) is 4.25. The molecule has 3 N–H and O–H groups in total. The van der Waals surface area contributed by atoms with Gasteiger partial charge in [0.1, 0.15) is 0 Å². The number of rotatable bonds is 6. The van der Waals surface area contributed by atoms with E-state index in [1.54, 1.807) is 13.8 Å². The van der Waals surface area contributed by atoms with Crippen molar-refractivity contribution in [2.24, 2.45) is 5.92 Å². The van der Waals surface area contributed by atoms with Crippen molar-refractivity contribution >= 4 is 17.8 Å². The zero-order chi connectivity index (χ0) is 15.1. The normalized spacial score (nSPS) is 10.2. The lowest BCUT2D eigenvalue weighted by Gasteiger charge is -2.08. The SMILES string of the molecule is CC(C)C(=O)NCCNC(=O)c1ccc(C(=O)O)cc1. The van der Waals surface area contributed by atoms with Crippen molar-refractivity contribution in [3.63, 3.8) is 0 Å². The summed E-state index contributed by atoms with van der Waals surface area (Å²) in [4.78, 5) is 33.7. The average Bonchev–Trinajstić information content (AvgIpc) is 2.43. The summed E-state index contributed by atoms with van der Waals surface area (Å²) >= 11 is 0. The van der Waals surface area contributed by atoms with Crippen LogP contribution >= 0.6 is 0 Å². The lowest BCUT2D eigenvalue weighted by Crippen LogP contribution is -2.36. The minimum atomic E-state index is -1.03. The van der Waals surface area contributed by atoms with Crippen LogP contribution < -0.4 is 10.6 Å². The molecule has 108 valence electrons. The maximum atomic E-state index is 11.7. The number of benzene rings is 1. The maximum Gasteiger partial charge on any atom is 0.335 e. The predicted octanol–water partition coefficient (Wildman–Crippen LogP) is 0.887. The number of hydrogen-bond acceptors (Lipinski definition) is 3. The van der Waals surface area contributed by atoms with Crippen LogP contribution in [0.4, 0.5) is 0 Å². The molecule has 0 saturated carbocycles. The number of aromatic carboxylic acids is 1. The van der Waals surface area contributed by atoms with Crippen molar-refractivity contribution in [1.82, 2.24) is 10.6 Å². The number of hydrogen-bond donors (Lipinski definition) is 3. The van der Waals surface area contributed by atoms with Crippen molar-refractivity contribution in [3.8, 4) is 0 Å². The molecule has 0 aliphatic heterocycles. The van der Waals surface area contributed by atoms with Gasteiger partial charge in [0.15, 0.2) is 0 Å². The lowest BCUT2D eigenvalue weighted by molar-refractivity contribution is -0.123. The molecular formula is C14H18N2O4. The highest BCUT2D eigenvalue weighted by Gasteiger charge is 2.08. The molecule has 0 aromatic heterocycles. The summed E-state index contributed by atoms with van der Waals surface area (Å²) in [5.41, 5.74) is 0.510. The third kappa shape index (κ3) is 4.72. The number of nitrogens with one attached hydrogen (secondary N) is 2. The van der Waals surface area contributed by atoms with E-state index in [1.165, 1.54) is 24.3 Å². The fourth-order valence-corrected chi connectivity index (χ4v) is 1.43. The quantitative estimate of drug-likeness (QED) is 0.673. The highest BCUT2D eigenvalue weighted by atomic mass is 16.4. The van der Waals surface area contributed by atoms with Gasteiger partial charge in [-0.2, -0.15) is 0 Å². The molecule has 0 aliphatic carbocycles. The van der Waals surface area contributed by atoms with E-state index in [1.807, 2.05) is 0 Å². The van der Waals surface area contributed by atoms with Crippen LogP contribution in [-0.4, -0.2) is 36.0 Å². The highest BCUT2D eigenvalue weighted by molar-refractivity contribution is 5.95. The first-order chi connectivity index (χ1) is 9.41. The summed E-state index contributed by atoms with van der Waals surface area (Å²) in [6.07, 6.45) is 0. The first kappa shape index (κ1) is 15.7. The van der Waals surface area contributed by atoms with Crippen LogP contribution in [-0.2, 0) is 4.79 Å². The smallest absolute Gasteiger partial charge is 0.335 e. The molecule has 1 rings (SSSR count). The fraction of sp³-hybridized carbons (Fsp3) is 0.357. The molecule has 0 bridgehead atoms. The number of carboxylic acids is 1. The summed E-state index contributed by atoms with van der Waals surface area (Å²) in [6, 6.07) is 5.65. The van der Waals surface area contributed by atoms with Crippen molar-refractivity contribution in [2.45, 2.75) is 13.8 Å². The molecule has 0 radical (unpaired) electrons. The largest absolute Gasteiger partial charge is 0.478 e. The van der Waals surface area contributed by atoms with Gasteiger partial charge in [0.05, 0.1) is 5.56 Å². The van der Waals surface area contributed by atoms with Gasteiger partial charge in [-0.25, -0.2) is 4.79 Å². The van der Waals surface area contributed by atoms with Crippen LogP contribution in [0, 0.1) is 5.92 Å². The van der Waals surface area contributed by atoms with E-state index in [4.69, 9.17) is 5.11 Å². The van der Waals surface area contributed by atoms with Crippen LogP contribution in [0.5, 0.6) is 0 Å². The van der Waals surface area contributed by atoms with Gasteiger partial charge in [0.25, 0.3) is 5.91 Å². The standard InChI is InChI=1S/C14H18N2O4/c1-9(2)12(17)15-7-8-16-13(18)10-3-5-11(6-4-10)14(19)20/h3-6,9H,7-8H2,1-2H3,(H,15,17)(H,16,18)(H,19,20). The van der Waals surface area contributed by atoms with Gasteiger partial charge < -0.3 is 15.7 Å². The summed E-state index contributed by atoms with van der Waals surface area (Å²) in [5, 5.41) is 14.1. The molecule has 0 aliphatic rings. The minimum Gasteiger partial charge on any atom is -0.478 e. The molecule has 0 spiro atoms. The first-order valence-corrected chi connectivity index (χ1v) is 6.31. The van der Waals surface area contributed by atoms with E-state index in [2.05, 4.69) is 10.6 Å². The molecule has 0 heterocycles. The minimum absolute atomic E-state index is 0.0648. The Bertz CT molecular complexity index is 494. The second kappa shape index (κ2) is 7.28. The zero-order valence-corrected chi connectivity index (χ0v) is 11.5. The molecule has 0 saturated heterocycles. The summed E-state index contributed by atoms with van der Waals surface area (Å²) in [5.74, 6) is -1.49. The van der Waals surface area contributed by atoms with Gasteiger partial charge in [-0.3, -0.25) is 9.59 Å². The fourth-order valence-electron chi connectivity index (χ4n) is 1.43. The summed E-state index contributed by atoms with van der Waals surface area (Å²) < 4.78 is 0. The van der Waals surface area contributed by atoms with E-state index < -0.39 is 5.97 Å². The first-order valence-electron chi connectivity index (χ1n) is 6.31. The molecule has 20 heavy (non-hydrogen) atoms. The van der Waals surface area contributed by atoms with Crippen LogP contribution in [0.15, 0.2) is 24.3 Å². The third-order valence-corrected chi connectivity index (χ3v) is 2.63. The monoisotopic (exact) mass is 278 g/mol. The Balaban J connectivity index is 2.39. The van der Waals surface area contributed by atoms with Crippen LogP contribution in [0.1, 0.15) is 34.6 Å². The number of carbonyl (C=O) groups excluding carboxylic acids is 2. The molecule has 0 fully saturated rings. The molecular weight excluding hydrogens is 260 g/mol. The van der Waals surface area contributed by atoms with E-state index in [0.717, 1.165) is 0 Å². The molecule has 0 atom stereocenters. The van der Waals surface area contributed by atoms with Gasteiger partial charge in [-0.15, -0.1) is 0 Å². The number of amides is 2. The second-order valence-corrected chi connectivity index (χ2v) is 4.58. The van der Waals surface area contributed by atoms with Crippen molar-refractivity contribution in [2.75, 3.05) is 13.1 Å². The van der Waals surface area contributed by atoms with Gasteiger partial charge >= 0.3 is 5.97 Å². The van der Waals surface area contributed by atoms with Gasteiger partial charge in [0.2, 0.25) is 5.91 Å². The molecule has 1 aromatic carbocycles. The Morgan fingerprint density at radius 3 is 2.00 bits per heavy atom. The lowest BCUT2D eigenvalue weighted by atomic mass is 10.1. The Morgan fingerprint density at radius 2 is 1.50 bits per heavy atom. The topological polar surface area (TPSA) is 95.5 Å². The third-order valence-electron chi connectivity index (χ3n) is 2.63. The van der Waals surface area contributed by atoms with Crippen LogP contribution in [0.2, 0.25) is 0 Å².